The van der Waals surface area contributed by atoms with Crippen molar-refractivity contribution in [1.82, 2.24) is 9.97 Å². The summed E-state index contributed by atoms with van der Waals surface area (Å²) < 4.78 is 0. The Bertz CT molecular complexity index is 213. The molecule has 1 aromatic rings. The van der Waals surface area contributed by atoms with Crippen molar-refractivity contribution in [1.29, 1.82) is 0 Å². The number of hydrogen-bond donors (Lipinski definition) is 1. The highest BCUT2D eigenvalue weighted by atomic mass is 16.2. The van der Waals surface area contributed by atoms with Crippen molar-refractivity contribution in [2.75, 3.05) is 6.61 Å². The number of unbranched alkanes of at least 4 members (excludes halogenated alkanes) is 3. The summed E-state index contributed by atoms with van der Waals surface area (Å²) in [7, 11) is 0. The zero-order chi connectivity index (χ0) is 9.36. The lowest BCUT2D eigenvalue weighted by Gasteiger charge is -1.98. The van der Waals surface area contributed by atoms with E-state index in [-0.39, 0.29) is 0 Å². The number of aliphatic hydroxyl groups is 1. The fourth-order valence-electron chi connectivity index (χ4n) is 1.21. The molecule has 0 aromatic carbocycles. The van der Waals surface area contributed by atoms with Crippen LogP contribution in [0.25, 0.3) is 0 Å². The van der Waals surface area contributed by atoms with E-state index in [1.54, 1.807) is 12.4 Å². The monoisotopic (exact) mass is 180 g/mol. The van der Waals surface area contributed by atoms with Crippen molar-refractivity contribution in [3.8, 4) is 0 Å². The SMILES string of the molecule is OCCCCCCc1ncccn1. The van der Waals surface area contributed by atoms with Crippen LogP contribution in [0.1, 0.15) is 31.5 Å². The van der Waals surface area contributed by atoms with Gasteiger partial charge in [0, 0.05) is 25.4 Å². The maximum Gasteiger partial charge on any atom is 0.128 e. The van der Waals surface area contributed by atoms with Crippen LogP contribution in [-0.4, -0.2) is 21.7 Å². The van der Waals surface area contributed by atoms with E-state index in [4.69, 9.17) is 5.11 Å². The minimum absolute atomic E-state index is 0.307. The predicted molar refractivity (Wildman–Crippen MR) is 51.3 cm³/mol. The maximum absolute atomic E-state index is 8.56. The Labute approximate surface area is 78.9 Å². The molecule has 0 fully saturated rings. The molecule has 0 saturated carbocycles. The Hall–Kier alpha value is -0.960. The van der Waals surface area contributed by atoms with E-state index < -0.39 is 0 Å². The third-order valence-electron chi connectivity index (χ3n) is 1.93. The highest BCUT2D eigenvalue weighted by Gasteiger charge is 1.94. The van der Waals surface area contributed by atoms with E-state index in [0.717, 1.165) is 37.9 Å². The minimum atomic E-state index is 0.307. The van der Waals surface area contributed by atoms with Crippen LogP contribution in [-0.2, 0) is 6.42 Å². The van der Waals surface area contributed by atoms with Crippen LogP contribution in [0.4, 0.5) is 0 Å². The Morgan fingerprint density at radius 2 is 1.69 bits per heavy atom. The van der Waals surface area contributed by atoms with E-state index in [1.165, 1.54) is 0 Å². The number of rotatable bonds is 6. The van der Waals surface area contributed by atoms with Gasteiger partial charge in [-0.25, -0.2) is 9.97 Å². The molecule has 0 aliphatic rings. The van der Waals surface area contributed by atoms with E-state index in [2.05, 4.69) is 9.97 Å². The second-order valence-corrected chi connectivity index (χ2v) is 3.05. The van der Waals surface area contributed by atoms with Crippen LogP contribution < -0.4 is 0 Å². The van der Waals surface area contributed by atoms with E-state index >= 15 is 0 Å². The molecular formula is C10H16N2O. The van der Waals surface area contributed by atoms with Crippen LogP contribution in [0.2, 0.25) is 0 Å². The highest BCUT2D eigenvalue weighted by Crippen LogP contribution is 2.02. The van der Waals surface area contributed by atoms with Gasteiger partial charge in [-0.05, 0) is 18.9 Å². The van der Waals surface area contributed by atoms with Crippen molar-refractivity contribution in [3.63, 3.8) is 0 Å². The standard InChI is InChI=1S/C10H16N2O/c13-9-4-2-1-3-6-10-11-7-5-8-12-10/h5,7-8,13H,1-4,6,9H2. The van der Waals surface area contributed by atoms with E-state index in [1.807, 2.05) is 6.07 Å². The summed E-state index contributed by atoms with van der Waals surface area (Å²) in [4.78, 5) is 8.27. The molecule has 0 aliphatic heterocycles. The van der Waals surface area contributed by atoms with Crippen LogP contribution in [0.3, 0.4) is 0 Å². The summed E-state index contributed by atoms with van der Waals surface area (Å²) in [5.74, 6) is 0.923. The molecule has 0 atom stereocenters. The molecule has 1 aromatic heterocycles. The first-order chi connectivity index (χ1) is 6.43. The van der Waals surface area contributed by atoms with Gasteiger partial charge in [-0.1, -0.05) is 12.8 Å². The predicted octanol–water partition coefficient (Wildman–Crippen LogP) is 1.57. The lowest BCUT2D eigenvalue weighted by atomic mass is 10.1. The number of aryl methyl sites for hydroxylation is 1. The zero-order valence-corrected chi connectivity index (χ0v) is 7.82. The summed E-state index contributed by atoms with van der Waals surface area (Å²) in [6, 6.07) is 1.83. The molecule has 0 amide bonds. The summed E-state index contributed by atoms with van der Waals surface area (Å²) >= 11 is 0. The third-order valence-corrected chi connectivity index (χ3v) is 1.93. The van der Waals surface area contributed by atoms with Crippen LogP contribution in [0.15, 0.2) is 18.5 Å². The molecule has 1 heterocycles. The first-order valence-corrected chi connectivity index (χ1v) is 4.80. The summed E-state index contributed by atoms with van der Waals surface area (Å²) in [6.45, 7) is 0.307. The van der Waals surface area contributed by atoms with E-state index in [9.17, 15) is 0 Å². The van der Waals surface area contributed by atoms with Gasteiger partial charge < -0.3 is 5.11 Å². The third kappa shape index (κ3) is 4.58. The smallest absolute Gasteiger partial charge is 0.128 e. The van der Waals surface area contributed by atoms with Gasteiger partial charge in [-0.2, -0.15) is 0 Å². The Kier molecular flexibility index (Phi) is 5.10. The number of nitrogens with zero attached hydrogens (tertiary/aromatic N) is 2. The number of aromatic nitrogens is 2. The van der Waals surface area contributed by atoms with Gasteiger partial charge in [0.05, 0.1) is 0 Å². The Balaban J connectivity index is 2.07. The van der Waals surface area contributed by atoms with Gasteiger partial charge in [0.1, 0.15) is 5.82 Å². The average Bonchev–Trinajstić information content (AvgIpc) is 2.19. The lowest BCUT2D eigenvalue weighted by Crippen LogP contribution is -1.93. The number of hydrogen-bond acceptors (Lipinski definition) is 3. The molecule has 72 valence electrons. The second kappa shape index (κ2) is 6.54. The van der Waals surface area contributed by atoms with Crippen molar-refractivity contribution in [2.45, 2.75) is 32.1 Å². The second-order valence-electron chi connectivity index (χ2n) is 3.05. The summed E-state index contributed by atoms with van der Waals surface area (Å²) in [5.41, 5.74) is 0. The van der Waals surface area contributed by atoms with Gasteiger partial charge >= 0.3 is 0 Å². The largest absolute Gasteiger partial charge is 0.396 e. The fourth-order valence-corrected chi connectivity index (χ4v) is 1.21. The van der Waals surface area contributed by atoms with Gasteiger partial charge in [-0.3, -0.25) is 0 Å². The van der Waals surface area contributed by atoms with Crippen molar-refractivity contribution in [2.24, 2.45) is 0 Å². The first-order valence-electron chi connectivity index (χ1n) is 4.80. The molecule has 0 saturated heterocycles. The average molecular weight is 180 g/mol. The topological polar surface area (TPSA) is 46.0 Å². The van der Waals surface area contributed by atoms with Gasteiger partial charge in [0.15, 0.2) is 0 Å². The number of aliphatic hydroxyl groups excluding tert-OH is 1. The molecule has 1 rings (SSSR count). The Morgan fingerprint density at radius 1 is 1.00 bits per heavy atom. The quantitative estimate of drug-likeness (QED) is 0.676. The molecule has 3 heteroatoms. The molecule has 3 nitrogen and oxygen atoms in total. The fraction of sp³-hybridized carbons (Fsp3) is 0.600. The molecule has 1 N–H and O–H groups in total. The Morgan fingerprint density at radius 3 is 2.38 bits per heavy atom. The van der Waals surface area contributed by atoms with Crippen LogP contribution in [0.5, 0.6) is 0 Å². The molecule has 0 unspecified atom stereocenters. The van der Waals surface area contributed by atoms with Crippen molar-refractivity contribution < 1.29 is 5.11 Å². The lowest BCUT2D eigenvalue weighted by molar-refractivity contribution is 0.282. The molecule has 0 bridgehead atoms. The van der Waals surface area contributed by atoms with Gasteiger partial charge in [0.25, 0.3) is 0 Å². The molecular weight excluding hydrogens is 164 g/mol. The van der Waals surface area contributed by atoms with Crippen LogP contribution in [0, 0.1) is 0 Å². The molecule has 0 aliphatic carbocycles. The van der Waals surface area contributed by atoms with Gasteiger partial charge in [0.2, 0.25) is 0 Å². The molecule has 0 radical (unpaired) electrons. The van der Waals surface area contributed by atoms with Crippen molar-refractivity contribution in [3.05, 3.63) is 24.3 Å². The normalized spacial score (nSPS) is 10.2. The van der Waals surface area contributed by atoms with E-state index in [0.29, 0.717) is 6.61 Å². The zero-order valence-electron chi connectivity index (χ0n) is 7.82. The summed E-state index contributed by atoms with van der Waals surface area (Å²) in [6.07, 6.45) is 8.78. The van der Waals surface area contributed by atoms with Gasteiger partial charge in [-0.15, -0.1) is 0 Å². The summed E-state index contributed by atoms with van der Waals surface area (Å²) in [5, 5.41) is 8.56. The van der Waals surface area contributed by atoms with Crippen LogP contribution >= 0.6 is 0 Å². The van der Waals surface area contributed by atoms with Crippen molar-refractivity contribution >= 4 is 0 Å². The maximum atomic E-state index is 8.56. The first kappa shape index (κ1) is 10.1. The minimum Gasteiger partial charge on any atom is -0.396 e. The highest BCUT2D eigenvalue weighted by molar-refractivity contribution is 4.88. The molecule has 0 spiro atoms. The molecule has 13 heavy (non-hydrogen) atoms.